The molecule has 6 heteroatoms. The maximum absolute atomic E-state index is 12.1. The van der Waals surface area contributed by atoms with Gasteiger partial charge in [-0.3, -0.25) is 9.59 Å². The minimum Gasteiger partial charge on any atom is -0.428 e. The molecule has 0 unspecified atom stereocenters. The fourth-order valence-corrected chi connectivity index (χ4v) is 2.43. The van der Waals surface area contributed by atoms with E-state index < -0.39 is 17.2 Å². The van der Waals surface area contributed by atoms with Crippen LogP contribution in [-0.4, -0.2) is 35.7 Å². The monoisotopic (exact) mass is 345 g/mol. The lowest BCUT2D eigenvalue weighted by atomic mass is 10.0. The molecule has 0 saturated carbocycles. The van der Waals surface area contributed by atoms with Crippen molar-refractivity contribution in [1.82, 2.24) is 4.90 Å². The van der Waals surface area contributed by atoms with Gasteiger partial charge in [0, 0.05) is 20.0 Å². The molecule has 1 aromatic rings. The summed E-state index contributed by atoms with van der Waals surface area (Å²) in [5.41, 5.74) is 0.812. The molecule has 1 aromatic carbocycles. The van der Waals surface area contributed by atoms with Crippen molar-refractivity contribution in [3.8, 4) is 5.75 Å². The maximum Gasteiger partial charge on any atom is 0.514 e. The highest BCUT2D eigenvalue weighted by Crippen LogP contribution is 2.22. The van der Waals surface area contributed by atoms with Gasteiger partial charge in [0.25, 0.3) is 0 Å². The summed E-state index contributed by atoms with van der Waals surface area (Å²) in [6.07, 6.45) is 1.77. The summed E-state index contributed by atoms with van der Waals surface area (Å²) in [5, 5.41) is 0. The average Bonchev–Trinajstić information content (AvgIpc) is 2.68. The van der Waals surface area contributed by atoms with E-state index in [4.69, 9.17) is 9.47 Å². The van der Waals surface area contributed by atoms with E-state index in [2.05, 4.69) is 0 Å². The Labute approximate surface area is 147 Å². The Morgan fingerprint density at radius 1 is 1.12 bits per heavy atom. The fraction of sp³-hybridized carbons (Fsp3) is 0.421. The van der Waals surface area contributed by atoms with Crippen LogP contribution in [0.4, 0.5) is 4.79 Å². The van der Waals surface area contributed by atoms with E-state index in [1.54, 1.807) is 44.7 Å². The summed E-state index contributed by atoms with van der Waals surface area (Å²) < 4.78 is 10.1. The van der Waals surface area contributed by atoms with Crippen molar-refractivity contribution in [2.24, 2.45) is 0 Å². The lowest BCUT2D eigenvalue weighted by Gasteiger charge is -2.25. The molecule has 1 amide bonds. The number of nitrogens with zero attached hydrogens (tertiary/aromatic N) is 1. The zero-order chi connectivity index (χ0) is 18.6. The van der Waals surface area contributed by atoms with Gasteiger partial charge >= 0.3 is 6.16 Å². The summed E-state index contributed by atoms with van der Waals surface area (Å²) in [6, 6.07) is 6.27. The van der Waals surface area contributed by atoms with E-state index >= 15 is 0 Å². The molecule has 6 nitrogen and oxygen atoms in total. The van der Waals surface area contributed by atoms with Gasteiger partial charge in [-0.25, -0.2) is 4.79 Å². The third-order valence-corrected chi connectivity index (χ3v) is 3.68. The molecule has 0 atom stereocenters. The van der Waals surface area contributed by atoms with Crippen molar-refractivity contribution in [2.75, 3.05) is 13.1 Å². The third-order valence-electron chi connectivity index (χ3n) is 3.68. The molecule has 0 aliphatic carbocycles. The normalized spacial score (nSPS) is 14.6. The van der Waals surface area contributed by atoms with E-state index in [1.807, 2.05) is 6.08 Å². The summed E-state index contributed by atoms with van der Waals surface area (Å²) in [6.45, 7) is 7.89. The second-order valence-electron chi connectivity index (χ2n) is 6.86. The lowest BCUT2D eigenvalue weighted by molar-refractivity contribution is -0.128. The highest BCUT2D eigenvalue weighted by atomic mass is 16.7. The van der Waals surface area contributed by atoms with Gasteiger partial charge in [-0.1, -0.05) is 18.2 Å². The van der Waals surface area contributed by atoms with E-state index in [0.29, 0.717) is 19.5 Å². The Morgan fingerprint density at radius 2 is 1.80 bits per heavy atom. The maximum atomic E-state index is 12.1. The van der Waals surface area contributed by atoms with Gasteiger partial charge < -0.3 is 14.4 Å². The smallest absolute Gasteiger partial charge is 0.428 e. The van der Waals surface area contributed by atoms with Crippen LogP contribution >= 0.6 is 0 Å². The first-order valence-corrected chi connectivity index (χ1v) is 8.16. The number of ether oxygens (including phenoxy) is 2. The van der Waals surface area contributed by atoms with Crippen molar-refractivity contribution >= 4 is 17.6 Å². The number of hydrogen-bond donors (Lipinski definition) is 0. The highest BCUT2D eigenvalue weighted by molar-refractivity contribution is 5.76. The summed E-state index contributed by atoms with van der Waals surface area (Å²) in [5.74, 6) is -0.0360. The summed E-state index contributed by atoms with van der Waals surface area (Å²) in [4.78, 5) is 37.0. The summed E-state index contributed by atoms with van der Waals surface area (Å²) >= 11 is 0. The molecule has 1 heterocycles. The molecule has 0 N–H and O–H groups in total. The largest absolute Gasteiger partial charge is 0.514 e. The predicted molar refractivity (Wildman–Crippen MR) is 94.4 cm³/mol. The van der Waals surface area contributed by atoms with Gasteiger partial charge in [-0.05, 0) is 50.5 Å². The van der Waals surface area contributed by atoms with Crippen LogP contribution in [0, 0.1) is 0 Å². The van der Waals surface area contributed by atoms with Gasteiger partial charge in [-0.15, -0.1) is 0 Å². The zero-order valence-electron chi connectivity index (χ0n) is 15.0. The Balaban J connectivity index is 2.17. The number of rotatable bonds is 2. The van der Waals surface area contributed by atoms with E-state index in [9.17, 15) is 14.4 Å². The van der Waals surface area contributed by atoms with Crippen molar-refractivity contribution in [2.45, 2.75) is 39.7 Å². The Bertz CT molecular complexity index is 761. The topological polar surface area (TPSA) is 72.9 Å². The molecule has 25 heavy (non-hydrogen) atoms. The number of carbonyl (C=O) groups excluding carboxylic acids is 2. The van der Waals surface area contributed by atoms with Gasteiger partial charge in [0.15, 0.2) is 5.75 Å². The molecule has 0 fully saturated rings. The van der Waals surface area contributed by atoms with Gasteiger partial charge in [0.05, 0.1) is 0 Å². The SMILES string of the molecule is CC(=O)N1CC=C(c2ccc(OC(=O)OC(C)(C)C)c(=O)cc2)CC1. The number of hydrogen-bond acceptors (Lipinski definition) is 5. The molecule has 0 saturated heterocycles. The van der Waals surface area contributed by atoms with Crippen LogP contribution in [0.3, 0.4) is 0 Å². The summed E-state index contributed by atoms with van der Waals surface area (Å²) in [7, 11) is 0. The third kappa shape index (κ3) is 5.45. The molecular formula is C19H23NO5. The number of amides is 1. The minimum atomic E-state index is -0.911. The van der Waals surface area contributed by atoms with Crippen molar-refractivity contribution in [3.05, 3.63) is 46.1 Å². The molecule has 0 radical (unpaired) electrons. The Kier molecular flexibility index (Phi) is 5.62. The van der Waals surface area contributed by atoms with Crippen molar-refractivity contribution in [3.63, 3.8) is 0 Å². The Morgan fingerprint density at radius 3 is 2.36 bits per heavy atom. The average molecular weight is 345 g/mol. The minimum absolute atomic E-state index is 0.0452. The van der Waals surface area contributed by atoms with Crippen molar-refractivity contribution in [1.29, 1.82) is 0 Å². The van der Waals surface area contributed by atoms with Crippen LogP contribution in [0.2, 0.25) is 0 Å². The molecule has 0 bridgehead atoms. The van der Waals surface area contributed by atoms with E-state index in [1.165, 1.54) is 12.1 Å². The molecule has 134 valence electrons. The second-order valence-corrected chi connectivity index (χ2v) is 6.86. The molecular weight excluding hydrogens is 322 g/mol. The zero-order valence-corrected chi connectivity index (χ0v) is 15.0. The van der Waals surface area contributed by atoms with Crippen LogP contribution < -0.4 is 10.2 Å². The van der Waals surface area contributed by atoms with Gasteiger partial charge in [-0.2, -0.15) is 0 Å². The standard InChI is InChI=1S/C19H23NO5/c1-13(21)20-11-9-15(10-12-20)14-5-7-16(22)17(8-6-14)24-18(23)25-19(2,3)4/h5-9H,10-12H2,1-4H3. The first kappa shape index (κ1) is 18.7. The van der Waals surface area contributed by atoms with Crippen LogP contribution in [0.1, 0.15) is 39.7 Å². The van der Waals surface area contributed by atoms with Crippen LogP contribution in [-0.2, 0) is 9.53 Å². The predicted octanol–water partition coefficient (Wildman–Crippen LogP) is 3.00. The molecule has 0 spiro atoms. The molecule has 2 rings (SSSR count). The van der Waals surface area contributed by atoms with Crippen LogP contribution in [0.5, 0.6) is 5.75 Å². The first-order chi connectivity index (χ1) is 11.7. The first-order valence-electron chi connectivity index (χ1n) is 8.16. The van der Waals surface area contributed by atoms with E-state index in [-0.39, 0.29) is 11.7 Å². The van der Waals surface area contributed by atoms with E-state index in [0.717, 1.165) is 11.1 Å². The van der Waals surface area contributed by atoms with Gasteiger partial charge in [0.2, 0.25) is 11.3 Å². The van der Waals surface area contributed by atoms with Gasteiger partial charge in [0.1, 0.15) is 5.60 Å². The van der Waals surface area contributed by atoms with Crippen molar-refractivity contribution < 1.29 is 19.1 Å². The van der Waals surface area contributed by atoms with Crippen LogP contribution in [0.15, 0.2) is 35.1 Å². The second kappa shape index (κ2) is 7.51. The molecule has 1 aliphatic rings. The lowest BCUT2D eigenvalue weighted by Crippen LogP contribution is -2.32. The molecule has 0 aromatic heterocycles. The quantitative estimate of drug-likeness (QED) is 0.771. The highest BCUT2D eigenvalue weighted by Gasteiger charge is 2.19. The fourth-order valence-electron chi connectivity index (χ4n) is 2.43. The van der Waals surface area contributed by atoms with Crippen LogP contribution in [0.25, 0.3) is 5.57 Å². The number of carbonyl (C=O) groups is 2. The Hall–Kier alpha value is -2.63. The molecule has 1 aliphatic heterocycles.